The average molecular weight is 336 g/mol. The van der Waals surface area contributed by atoms with Gasteiger partial charge in [0.25, 0.3) is 0 Å². The maximum absolute atomic E-state index is 10.00. The Morgan fingerprint density at radius 3 is 1.96 bits per heavy atom. The molecule has 0 saturated heterocycles. The summed E-state index contributed by atoms with van der Waals surface area (Å²) in [6.45, 7) is 18.5. The van der Waals surface area contributed by atoms with Crippen LogP contribution in [0, 0.1) is 5.41 Å². The van der Waals surface area contributed by atoms with Gasteiger partial charge in [-0.25, -0.2) is 0 Å². The summed E-state index contributed by atoms with van der Waals surface area (Å²) in [7, 11) is 0. The van der Waals surface area contributed by atoms with Crippen LogP contribution in [0.3, 0.4) is 0 Å². The molecule has 0 saturated carbocycles. The highest BCUT2D eigenvalue weighted by Crippen LogP contribution is 2.36. The smallest absolute Gasteiger partial charge is 0.119 e. The molecule has 1 unspecified atom stereocenters. The van der Waals surface area contributed by atoms with Gasteiger partial charge in [-0.3, -0.25) is 0 Å². The van der Waals surface area contributed by atoms with Gasteiger partial charge in [0.1, 0.15) is 18.5 Å². The lowest BCUT2D eigenvalue weighted by atomic mass is 9.72. The fourth-order valence-corrected chi connectivity index (χ4v) is 3.11. The summed E-state index contributed by atoms with van der Waals surface area (Å²) in [6, 6.07) is 8.29. The number of β-amino-alcohol motifs (C(OH)–C–C–N with tert-alkyl or cyclic N) is 1. The van der Waals surface area contributed by atoms with E-state index in [-0.39, 0.29) is 11.0 Å². The van der Waals surface area contributed by atoms with Gasteiger partial charge < -0.3 is 15.2 Å². The molecule has 1 aromatic rings. The van der Waals surface area contributed by atoms with E-state index in [1.165, 1.54) is 5.56 Å². The first-order valence-electron chi connectivity index (χ1n) is 8.95. The number of hydrogen-bond donors (Lipinski definition) is 2. The Bertz CT molecular complexity index is 492. The molecule has 3 heteroatoms. The summed E-state index contributed by atoms with van der Waals surface area (Å²) in [5.74, 6) is 0.806. The summed E-state index contributed by atoms with van der Waals surface area (Å²) < 4.78 is 5.71. The molecule has 0 heterocycles. The molecule has 1 atom stereocenters. The van der Waals surface area contributed by atoms with Gasteiger partial charge in [0.2, 0.25) is 0 Å². The molecule has 0 aliphatic rings. The first-order valence-corrected chi connectivity index (χ1v) is 8.95. The number of ether oxygens (including phenoxy) is 1. The molecule has 24 heavy (non-hydrogen) atoms. The van der Waals surface area contributed by atoms with Crippen molar-refractivity contribution in [2.24, 2.45) is 5.41 Å². The Balaban J connectivity index is 2.56. The molecular formula is C21H37NO2. The van der Waals surface area contributed by atoms with Crippen molar-refractivity contribution in [2.45, 2.75) is 78.9 Å². The minimum absolute atomic E-state index is 0.00126. The normalized spacial score (nSPS) is 14.5. The van der Waals surface area contributed by atoms with Crippen molar-refractivity contribution in [3.63, 3.8) is 0 Å². The van der Waals surface area contributed by atoms with E-state index in [0.29, 0.717) is 18.6 Å². The average Bonchev–Trinajstić information content (AvgIpc) is 2.40. The highest BCUT2D eigenvalue weighted by Gasteiger charge is 2.27. The first-order chi connectivity index (χ1) is 10.8. The Morgan fingerprint density at radius 2 is 1.50 bits per heavy atom. The van der Waals surface area contributed by atoms with Crippen LogP contribution in [0.2, 0.25) is 0 Å². The molecule has 0 aliphatic heterocycles. The van der Waals surface area contributed by atoms with Gasteiger partial charge in [-0.15, -0.1) is 0 Å². The van der Waals surface area contributed by atoms with Crippen molar-refractivity contribution in [1.29, 1.82) is 0 Å². The van der Waals surface area contributed by atoms with E-state index in [1.807, 2.05) is 12.1 Å². The molecule has 1 rings (SSSR count). The second-order valence-electron chi connectivity index (χ2n) is 9.74. The van der Waals surface area contributed by atoms with E-state index in [1.54, 1.807) is 0 Å². The summed E-state index contributed by atoms with van der Waals surface area (Å²) in [4.78, 5) is 0. The summed E-state index contributed by atoms with van der Waals surface area (Å²) in [5, 5.41) is 13.3. The molecule has 0 amide bonds. The van der Waals surface area contributed by atoms with Crippen LogP contribution in [0.15, 0.2) is 24.3 Å². The lowest BCUT2D eigenvalue weighted by Gasteiger charge is -2.33. The lowest BCUT2D eigenvalue weighted by Crippen LogP contribution is -2.42. The Morgan fingerprint density at radius 1 is 0.958 bits per heavy atom. The summed E-state index contributed by atoms with van der Waals surface area (Å²) >= 11 is 0. The van der Waals surface area contributed by atoms with Crippen molar-refractivity contribution in [3.05, 3.63) is 29.8 Å². The Labute approximate surface area is 148 Å². The monoisotopic (exact) mass is 335 g/mol. The second-order valence-corrected chi connectivity index (χ2v) is 9.74. The van der Waals surface area contributed by atoms with Crippen LogP contribution in [0.25, 0.3) is 0 Å². The first kappa shape index (κ1) is 21.0. The fourth-order valence-electron chi connectivity index (χ4n) is 3.11. The van der Waals surface area contributed by atoms with Gasteiger partial charge in [-0.05, 0) is 55.7 Å². The van der Waals surface area contributed by atoms with E-state index in [9.17, 15) is 5.11 Å². The second kappa shape index (κ2) is 7.88. The maximum atomic E-state index is 10.00. The predicted molar refractivity (Wildman–Crippen MR) is 103 cm³/mol. The van der Waals surface area contributed by atoms with Crippen molar-refractivity contribution < 1.29 is 9.84 Å². The minimum Gasteiger partial charge on any atom is -0.491 e. The van der Waals surface area contributed by atoms with E-state index < -0.39 is 6.10 Å². The van der Waals surface area contributed by atoms with Gasteiger partial charge in [-0.1, -0.05) is 46.8 Å². The maximum Gasteiger partial charge on any atom is 0.119 e. The van der Waals surface area contributed by atoms with Crippen molar-refractivity contribution in [1.82, 2.24) is 5.32 Å². The molecule has 1 aromatic carbocycles. The zero-order valence-corrected chi connectivity index (χ0v) is 16.9. The highest BCUT2D eigenvalue weighted by molar-refractivity contribution is 5.31. The van der Waals surface area contributed by atoms with E-state index in [4.69, 9.17) is 4.74 Å². The van der Waals surface area contributed by atoms with E-state index in [2.05, 4.69) is 72.8 Å². The van der Waals surface area contributed by atoms with Gasteiger partial charge in [0, 0.05) is 12.1 Å². The fraction of sp³-hybridized carbons (Fsp3) is 0.714. The largest absolute Gasteiger partial charge is 0.491 e. The molecule has 2 N–H and O–H groups in total. The standard InChI is InChI=1S/C21H37NO2/c1-19(2,3)15-21(7,8)16-9-11-18(12-10-16)24-14-17(23)13-22-20(4,5)6/h9-12,17,22-23H,13-15H2,1-8H3. The molecule has 0 aliphatic carbocycles. The number of aliphatic hydroxyl groups excluding tert-OH is 1. The number of aliphatic hydroxyl groups is 1. The third-order valence-corrected chi connectivity index (χ3v) is 3.92. The van der Waals surface area contributed by atoms with Crippen LogP contribution in [0.4, 0.5) is 0 Å². The molecule has 0 spiro atoms. The van der Waals surface area contributed by atoms with Crippen LogP contribution in [0.1, 0.15) is 67.4 Å². The third kappa shape index (κ3) is 8.16. The van der Waals surface area contributed by atoms with Gasteiger partial charge in [0.05, 0.1) is 0 Å². The number of nitrogens with one attached hydrogen (secondary N) is 1. The number of benzene rings is 1. The van der Waals surface area contributed by atoms with Crippen molar-refractivity contribution >= 4 is 0 Å². The minimum atomic E-state index is -0.513. The molecule has 0 bridgehead atoms. The van der Waals surface area contributed by atoms with Gasteiger partial charge in [0.15, 0.2) is 0 Å². The zero-order valence-electron chi connectivity index (χ0n) is 16.9. The van der Waals surface area contributed by atoms with Crippen molar-refractivity contribution in [2.75, 3.05) is 13.2 Å². The Kier molecular flexibility index (Phi) is 6.89. The van der Waals surface area contributed by atoms with Crippen LogP contribution in [0.5, 0.6) is 5.75 Å². The third-order valence-electron chi connectivity index (χ3n) is 3.92. The van der Waals surface area contributed by atoms with E-state index in [0.717, 1.165) is 12.2 Å². The molecular weight excluding hydrogens is 298 g/mol. The Hall–Kier alpha value is -1.06. The van der Waals surface area contributed by atoms with Crippen molar-refractivity contribution in [3.8, 4) is 5.75 Å². The van der Waals surface area contributed by atoms with Gasteiger partial charge >= 0.3 is 0 Å². The SMILES string of the molecule is CC(C)(C)CC(C)(C)c1ccc(OCC(O)CNC(C)(C)C)cc1. The summed E-state index contributed by atoms with van der Waals surface area (Å²) in [5.41, 5.74) is 1.75. The van der Waals surface area contributed by atoms with Crippen LogP contribution >= 0.6 is 0 Å². The topological polar surface area (TPSA) is 41.5 Å². The molecule has 138 valence electrons. The van der Waals surface area contributed by atoms with Crippen LogP contribution in [-0.4, -0.2) is 29.9 Å². The molecule has 0 aromatic heterocycles. The zero-order chi connectivity index (χ0) is 18.6. The van der Waals surface area contributed by atoms with Crippen LogP contribution in [-0.2, 0) is 5.41 Å². The molecule has 0 fully saturated rings. The highest BCUT2D eigenvalue weighted by atomic mass is 16.5. The lowest BCUT2D eigenvalue weighted by molar-refractivity contribution is 0.100. The number of hydrogen-bond acceptors (Lipinski definition) is 3. The predicted octanol–water partition coefficient (Wildman–Crippen LogP) is 4.53. The number of rotatable bonds is 7. The van der Waals surface area contributed by atoms with Crippen LogP contribution < -0.4 is 10.1 Å². The summed E-state index contributed by atoms with van der Waals surface area (Å²) in [6.07, 6.45) is 0.610. The quantitative estimate of drug-likeness (QED) is 0.769. The molecule has 3 nitrogen and oxygen atoms in total. The molecule has 0 radical (unpaired) electrons. The van der Waals surface area contributed by atoms with Gasteiger partial charge in [-0.2, -0.15) is 0 Å². The van der Waals surface area contributed by atoms with E-state index >= 15 is 0 Å².